The minimum Gasteiger partial charge on any atom is -0.322 e. The molecule has 2 aromatic carbocycles. The van der Waals surface area contributed by atoms with Crippen molar-refractivity contribution in [1.29, 1.82) is 0 Å². The van der Waals surface area contributed by atoms with Gasteiger partial charge in [0.15, 0.2) is 0 Å². The lowest BCUT2D eigenvalue weighted by Crippen LogP contribution is -2.36. The van der Waals surface area contributed by atoms with Gasteiger partial charge in [-0.05, 0) is 74.6 Å². The van der Waals surface area contributed by atoms with Gasteiger partial charge in [0.25, 0.3) is 5.91 Å². The third-order valence-corrected chi connectivity index (χ3v) is 6.75. The van der Waals surface area contributed by atoms with E-state index >= 15 is 0 Å². The number of rotatable bonds is 4. The van der Waals surface area contributed by atoms with E-state index in [1.54, 1.807) is 19.1 Å². The molecule has 0 saturated carbocycles. The van der Waals surface area contributed by atoms with Crippen LogP contribution in [0, 0.1) is 13.8 Å². The fourth-order valence-corrected chi connectivity index (χ4v) is 4.43. The number of amides is 1. The molecule has 0 aromatic heterocycles. The third-order valence-electron chi connectivity index (χ3n) is 4.97. The molecule has 0 aliphatic carbocycles. The van der Waals surface area contributed by atoms with E-state index < -0.39 is 10.0 Å². The molecule has 26 heavy (non-hydrogen) atoms. The van der Waals surface area contributed by atoms with Crippen LogP contribution >= 0.6 is 0 Å². The van der Waals surface area contributed by atoms with Crippen LogP contribution in [0.4, 0.5) is 11.4 Å². The summed E-state index contributed by atoms with van der Waals surface area (Å²) >= 11 is 0. The number of carbonyl (C=O) groups is 1. The second kappa shape index (κ2) is 7.11. The second-order valence-electron chi connectivity index (χ2n) is 6.62. The minimum absolute atomic E-state index is 0.0707. The van der Waals surface area contributed by atoms with Gasteiger partial charge in [-0.25, -0.2) is 8.42 Å². The fraction of sp³-hybridized carbons (Fsp3) is 0.350. The molecule has 138 valence electrons. The average Bonchev–Trinajstić information content (AvgIpc) is 2.64. The summed E-state index contributed by atoms with van der Waals surface area (Å²) < 4.78 is 26.1. The molecule has 0 radical (unpaired) electrons. The Balaban J connectivity index is 1.89. The smallest absolute Gasteiger partial charge is 0.255 e. The molecule has 2 aromatic rings. The highest BCUT2D eigenvalue weighted by Gasteiger charge is 2.26. The predicted octanol–water partition coefficient (Wildman–Crippen LogP) is 3.66. The van der Waals surface area contributed by atoms with Crippen molar-refractivity contribution in [2.24, 2.45) is 0 Å². The lowest BCUT2D eigenvalue weighted by molar-refractivity contribution is 0.102. The van der Waals surface area contributed by atoms with Gasteiger partial charge in [0.1, 0.15) is 0 Å². The summed E-state index contributed by atoms with van der Waals surface area (Å²) in [6, 6.07) is 11.1. The molecule has 0 spiro atoms. The molecule has 5 nitrogen and oxygen atoms in total. The topological polar surface area (TPSA) is 66.5 Å². The molecule has 1 N–H and O–H groups in total. The molecule has 0 saturated heterocycles. The summed E-state index contributed by atoms with van der Waals surface area (Å²) in [4.78, 5) is 12.7. The van der Waals surface area contributed by atoms with Crippen LogP contribution in [0.3, 0.4) is 0 Å². The summed E-state index contributed by atoms with van der Waals surface area (Å²) in [6.45, 7) is 6.13. The van der Waals surface area contributed by atoms with Gasteiger partial charge in [-0.15, -0.1) is 0 Å². The number of hydrogen-bond donors (Lipinski definition) is 1. The Kier molecular flexibility index (Phi) is 5.05. The highest BCUT2D eigenvalue weighted by molar-refractivity contribution is 7.92. The van der Waals surface area contributed by atoms with E-state index in [4.69, 9.17) is 0 Å². The molecular weight excluding hydrogens is 348 g/mol. The van der Waals surface area contributed by atoms with Gasteiger partial charge in [0.05, 0.1) is 11.4 Å². The number of hydrogen-bond acceptors (Lipinski definition) is 3. The largest absolute Gasteiger partial charge is 0.322 e. The van der Waals surface area contributed by atoms with E-state index in [0.717, 1.165) is 35.2 Å². The number of benzene rings is 2. The number of nitrogens with zero attached hydrogens (tertiary/aromatic N) is 1. The Morgan fingerprint density at radius 3 is 2.69 bits per heavy atom. The number of carbonyl (C=O) groups excluding carboxylic acids is 1. The summed E-state index contributed by atoms with van der Waals surface area (Å²) in [7, 11) is -3.29. The highest BCUT2D eigenvalue weighted by atomic mass is 32.2. The van der Waals surface area contributed by atoms with Crippen molar-refractivity contribution in [3.63, 3.8) is 0 Å². The second-order valence-corrected chi connectivity index (χ2v) is 8.80. The first kappa shape index (κ1) is 18.5. The lowest BCUT2D eigenvalue weighted by Gasteiger charge is -2.30. The monoisotopic (exact) mass is 372 g/mol. The van der Waals surface area contributed by atoms with Crippen molar-refractivity contribution in [2.45, 2.75) is 33.6 Å². The Hall–Kier alpha value is -2.34. The first-order valence-corrected chi connectivity index (χ1v) is 10.5. The van der Waals surface area contributed by atoms with Crippen molar-refractivity contribution in [3.8, 4) is 0 Å². The van der Waals surface area contributed by atoms with E-state index in [0.29, 0.717) is 17.8 Å². The van der Waals surface area contributed by atoms with Gasteiger partial charge in [0.2, 0.25) is 10.0 Å². The maximum atomic E-state index is 12.7. The van der Waals surface area contributed by atoms with Gasteiger partial charge in [0, 0.05) is 17.8 Å². The van der Waals surface area contributed by atoms with Crippen molar-refractivity contribution in [1.82, 2.24) is 0 Å². The van der Waals surface area contributed by atoms with E-state index in [9.17, 15) is 13.2 Å². The van der Waals surface area contributed by atoms with Crippen LogP contribution in [0.2, 0.25) is 0 Å². The van der Waals surface area contributed by atoms with E-state index in [-0.39, 0.29) is 11.7 Å². The zero-order chi connectivity index (χ0) is 18.9. The maximum Gasteiger partial charge on any atom is 0.255 e. The first-order chi connectivity index (χ1) is 12.3. The van der Waals surface area contributed by atoms with Crippen LogP contribution in [0.5, 0.6) is 0 Å². The number of fused-ring (bicyclic) bond motifs is 1. The van der Waals surface area contributed by atoms with Gasteiger partial charge in [-0.2, -0.15) is 0 Å². The molecular formula is C20H24N2O3S. The molecule has 6 heteroatoms. The Morgan fingerprint density at radius 1 is 1.19 bits per heavy atom. The molecule has 0 fully saturated rings. The van der Waals surface area contributed by atoms with Crippen molar-refractivity contribution in [2.75, 3.05) is 21.9 Å². The van der Waals surface area contributed by atoms with Gasteiger partial charge < -0.3 is 5.32 Å². The Bertz CT molecular complexity index is 952. The molecule has 1 aliphatic heterocycles. The molecule has 0 bridgehead atoms. The van der Waals surface area contributed by atoms with Crippen molar-refractivity contribution < 1.29 is 13.2 Å². The Labute approximate surface area is 155 Å². The molecule has 1 aliphatic rings. The van der Waals surface area contributed by atoms with Crippen molar-refractivity contribution in [3.05, 3.63) is 58.7 Å². The molecule has 0 unspecified atom stereocenters. The average molecular weight is 372 g/mol. The molecule has 1 amide bonds. The van der Waals surface area contributed by atoms with Crippen LogP contribution in [-0.2, 0) is 16.4 Å². The number of sulfonamides is 1. The molecule has 0 atom stereocenters. The zero-order valence-electron chi connectivity index (χ0n) is 15.4. The molecule has 1 heterocycles. The summed E-state index contributed by atoms with van der Waals surface area (Å²) in [5.74, 6) is -0.113. The van der Waals surface area contributed by atoms with Gasteiger partial charge in [-0.3, -0.25) is 9.10 Å². The van der Waals surface area contributed by atoms with E-state index in [2.05, 4.69) is 5.32 Å². The maximum absolute atomic E-state index is 12.7. The zero-order valence-corrected chi connectivity index (χ0v) is 16.2. The van der Waals surface area contributed by atoms with Crippen LogP contribution in [0.15, 0.2) is 36.4 Å². The highest BCUT2D eigenvalue weighted by Crippen LogP contribution is 2.30. The number of nitrogens with one attached hydrogen (secondary N) is 1. The Morgan fingerprint density at radius 2 is 1.96 bits per heavy atom. The lowest BCUT2D eigenvalue weighted by atomic mass is 10.0. The predicted molar refractivity (Wildman–Crippen MR) is 105 cm³/mol. The summed E-state index contributed by atoms with van der Waals surface area (Å²) in [6.07, 6.45) is 1.53. The SMILES string of the molecule is CCS(=O)(=O)N1CCCc2cc(C(=O)Nc3cccc(C)c3C)ccc21. The van der Waals surface area contributed by atoms with E-state index in [1.165, 1.54) is 4.31 Å². The first-order valence-electron chi connectivity index (χ1n) is 8.84. The standard InChI is InChI=1S/C20H24N2O3S/c1-4-26(24,25)22-12-6-8-16-13-17(10-11-19(16)22)20(23)21-18-9-5-7-14(2)15(18)3/h5,7,9-11,13H,4,6,8,12H2,1-3H3,(H,21,23). The minimum atomic E-state index is -3.29. The van der Waals surface area contributed by atoms with Crippen LogP contribution < -0.4 is 9.62 Å². The van der Waals surface area contributed by atoms with E-state index in [1.807, 2.05) is 38.1 Å². The third kappa shape index (κ3) is 3.46. The quantitative estimate of drug-likeness (QED) is 0.891. The van der Waals surface area contributed by atoms with Gasteiger partial charge in [-0.1, -0.05) is 12.1 Å². The summed E-state index contributed by atoms with van der Waals surface area (Å²) in [5.41, 5.74) is 5.10. The van der Waals surface area contributed by atoms with Crippen LogP contribution in [0.1, 0.15) is 40.4 Å². The molecule has 3 rings (SSSR count). The van der Waals surface area contributed by atoms with Crippen LogP contribution in [0.25, 0.3) is 0 Å². The van der Waals surface area contributed by atoms with Gasteiger partial charge >= 0.3 is 0 Å². The normalized spacial score (nSPS) is 14.0. The fourth-order valence-electron chi connectivity index (χ4n) is 3.23. The van der Waals surface area contributed by atoms with Crippen LogP contribution in [-0.4, -0.2) is 26.6 Å². The van der Waals surface area contributed by atoms with Crippen molar-refractivity contribution >= 4 is 27.3 Å². The summed E-state index contributed by atoms with van der Waals surface area (Å²) in [5, 5.41) is 2.96. The number of aryl methyl sites for hydroxylation is 2. The number of anilines is 2.